The summed E-state index contributed by atoms with van der Waals surface area (Å²) in [5.74, 6) is 0. The largest absolute Gasteiger partial charge is 0.399 e. The van der Waals surface area contributed by atoms with Crippen LogP contribution in [0.15, 0.2) is 42.5 Å². The zero-order chi connectivity index (χ0) is 10.9. The van der Waals surface area contributed by atoms with Crippen LogP contribution in [0.3, 0.4) is 0 Å². The Morgan fingerprint density at radius 2 is 1.81 bits per heavy atom. The molecule has 0 aliphatic heterocycles. The standard InChI is InChI=1S/C12H13IN2.ClH/c13-12(15)7-5-10(6-8-12)9-1-3-11(14)4-2-9;/h1-7H,8,14-15H2;1H. The van der Waals surface area contributed by atoms with Gasteiger partial charge in [-0.05, 0) is 29.7 Å². The van der Waals surface area contributed by atoms with E-state index in [1.807, 2.05) is 30.3 Å². The van der Waals surface area contributed by atoms with Crippen molar-refractivity contribution in [3.05, 3.63) is 48.1 Å². The molecule has 4 N–H and O–H groups in total. The van der Waals surface area contributed by atoms with E-state index in [9.17, 15) is 0 Å². The van der Waals surface area contributed by atoms with Crippen LogP contribution in [0.2, 0.25) is 0 Å². The van der Waals surface area contributed by atoms with E-state index >= 15 is 0 Å². The van der Waals surface area contributed by atoms with Crippen LogP contribution in [0, 0.1) is 0 Å². The lowest BCUT2D eigenvalue weighted by atomic mass is 9.97. The number of anilines is 1. The van der Waals surface area contributed by atoms with Gasteiger partial charge in [-0.25, -0.2) is 0 Å². The first-order valence-corrected chi connectivity index (χ1v) is 5.88. The maximum absolute atomic E-state index is 5.98. The van der Waals surface area contributed by atoms with Gasteiger partial charge in [0, 0.05) is 5.69 Å². The molecule has 86 valence electrons. The van der Waals surface area contributed by atoms with Gasteiger partial charge in [0.2, 0.25) is 0 Å². The molecule has 1 aromatic carbocycles. The number of benzene rings is 1. The lowest BCUT2D eigenvalue weighted by molar-refractivity contribution is 0.797. The molecule has 0 heterocycles. The van der Waals surface area contributed by atoms with Crippen LogP contribution in [0.4, 0.5) is 5.69 Å². The second kappa shape index (κ2) is 5.21. The molecule has 1 unspecified atom stereocenters. The summed E-state index contributed by atoms with van der Waals surface area (Å²) in [4.78, 5) is 0. The molecular formula is C12H14ClIN2. The van der Waals surface area contributed by atoms with E-state index in [0.29, 0.717) is 0 Å². The van der Waals surface area contributed by atoms with Crippen molar-refractivity contribution < 1.29 is 0 Å². The van der Waals surface area contributed by atoms with Gasteiger partial charge in [0.15, 0.2) is 0 Å². The predicted molar refractivity (Wildman–Crippen MR) is 80.8 cm³/mol. The van der Waals surface area contributed by atoms with Gasteiger partial charge in [-0.2, -0.15) is 0 Å². The molecule has 1 atom stereocenters. The smallest absolute Gasteiger partial charge is 0.0903 e. The maximum Gasteiger partial charge on any atom is 0.0903 e. The minimum atomic E-state index is -0.227. The fourth-order valence-electron chi connectivity index (χ4n) is 1.52. The quantitative estimate of drug-likeness (QED) is 0.354. The van der Waals surface area contributed by atoms with Crippen molar-refractivity contribution in [2.24, 2.45) is 5.73 Å². The van der Waals surface area contributed by atoms with Crippen molar-refractivity contribution in [3.63, 3.8) is 0 Å². The fraction of sp³-hybridized carbons (Fsp3) is 0.167. The minimum Gasteiger partial charge on any atom is -0.399 e. The first-order valence-electron chi connectivity index (χ1n) is 4.80. The Morgan fingerprint density at radius 3 is 2.31 bits per heavy atom. The third-order valence-corrected chi connectivity index (χ3v) is 3.22. The average Bonchev–Trinajstić information content (AvgIpc) is 2.20. The van der Waals surface area contributed by atoms with Gasteiger partial charge in [-0.1, -0.05) is 53.0 Å². The molecule has 4 heteroatoms. The van der Waals surface area contributed by atoms with Crippen molar-refractivity contribution in [2.45, 2.75) is 9.97 Å². The molecule has 1 aromatic rings. The van der Waals surface area contributed by atoms with Crippen LogP contribution in [-0.2, 0) is 0 Å². The Morgan fingerprint density at radius 1 is 1.19 bits per heavy atom. The van der Waals surface area contributed by atoms with Crippen LogP contribution >= 0.6 is 35.0 Å². The highest BCUT2D eigenvalue weighted by atomic mass is 127. The second-order valence-electron chi connectivity index (χ2n) is 3.75. The summed E-state index contributed by atoms with van der Waals surface area (Å²) >= 11 is 2.25. The summed E-state index contributed by atoms with van der Waals surface area (Å²) < 4.78 is -0.227. The van der Waals surface area contributed by atoms with E-state index in [4.69, 9.17) is 11.5 Å². The summed E-state index contributed by atoms with van der Waals surface area (Å²) in [6.45, 7) is 0. The molecule has 2 rings (SSSR count). The monoisotopic (exact) mass is 348 g/mol. The average molecular weight is 349 g/mol. The third kappa shape index (κ3) is 3.23. The van der Waals surface area contributed by atoms with Gasteiger partial charge in [0.05, 0.1) is 3.55 Å². The third-order valence-electron chi connectivity index (χ3n) is 2.42. The first kappa shape index (κ1) is 13.5. The van der Waals surface area contributed by atoms with E-state index in [2.05, 4.69) is 34.7 Å². The van der Waals surface area contributed by atoms with E-state index in [0.717, 1.165) is 12.1 Å². The first-order chi connectivity index (χ1) is 7.07. The number of nitrogens with two attached hydrogens (primary N) is 2. The molecule has 0 saturated heterocycles. The molecule has 1 aliphatic rings. The number of halogens is 2. The molecular weight excluding hydrogens is 335 g/mol. The van der Waals surface area contributed by atoms with Gasteiger partial charge in [-0.15, -0.1) is 12.4 Å². The fourth-order valence-corrected chi connectivity index (χ4v) is 1.92. The van der Waals surface area contributed by atoms with Crippen molar-refractivity contribution in [1.82, 2.24) is 0 Å². The van der Waals surface area contributed by atoms with Gasteiger partial charge >= 0.3 is 0 Å². The summed E-state index contributed by atoms with van der Waals surface area (Å²) in [6.07, 6.45) is 7.14. The molecule has 0 radical (unpaired) electrons. The molecule has 0 amide bonds. The summed E-state index contributed by atoms with van der Waals surface area (Å²) in [6, 6.07) is 7.89. The Kier molecular flexibility index (Phi) is 4.41. The summed E-state index contributed by atoms with van der Waals surface area (Å²) in [5, 5.41) is 0. The van der Waals surface area contributed by atoms with Gasteiger partial charge in [-0.3, -0.25) is 0 Å². The lowest BCUT2D eigenvalue weighted by Gasteiger charge is -2.20. The van der Waals surface area contributed by atoms with Gasteiger partial charge in [0.1, 0.15) is 0 Å². The van der Waals surface area contributed by atoms with Crippen molar-refractivity contribution >= 4 is 46.3 Å². The summed E-state index contributed by atoms with van der Waals surface area (Å²) in [7, 11) is 0. The Labute approximate surface area is 115 Å². The number of hydrogen-bond donors (Lipinski definition) is 2. The lowest BCUT2D eigenvalue weighted by Crippen LogP contribution is -2.29. The minimum absolute atomic E-state index is 0. The number of alkyl halides is 1. The molecule has 16 heavy (non-hydrogen) atoms. The number of rotatable bonds is 1. The van der Waals surface area contributed by atoms with Crippen molar-refractivity contribution in [3.8, 4) is 0 Å². The second-order valence-corrected chi connectivity index (χ2v) is 5.75. The zero-order valence-corrected chi connectivity index (χ0v) is 11.7. The number of hydrogen-bond acceptors (Lipinski definition) is 2. The molecule has 2 nitrogen and oxygen atoms in total. The van der Waals surface area contributed by atoms with Crippen LogP contribution in [0.5, 0.6) is 0 Å². The predicted octanol–water partition coefficient (Wildman–Crippen LogP) is 3.12. The SMILES string of the molecule is Cl.Nc1ccc(C2=CCC(N)(I)C=C2)cc1. The number of allylic oxidation sites excluding steroid dienone is 2. The highest BCUT2D eigenvalue weighted by Crippen LogP contribution is 2.29. The van der Waals surface area contributed by atoms with Crippen LogP contribution in [0.1, 0.15) is 12.0 Å². The van der Waals surface area contributed by atoms with E-state index < -0.39 is 0 Å². The Bertz CT molecular complexity index is 421. The van der Waals surface area contributed by atoms with Crippen LogP contribution in [-0.4, -0.2) is 3.55 Å². The molecule has 1 aliphatic carbocycles. The Balaban J connectivity index is 0.00000128. The van der Waals surface area contributed by atoms with Gasteiger partial charge in [0.25, 0.3) is 0 Å². The molecule has 0 fully saturated rings. The molecule has 0 saturated carbocycles. The van der Waals surface area contributed by atoms with E-state index in [1.54, 1.807) is 0 Å². The van der Waals surface area contributed by atoms with Crippen molar-refractivity contribution in [1.29, 1.82) is 0 Å². The molecule has 0 aromatic heterocycles. The Hall–Kier alpha value is -0.520. The van der Waals surface area contributed by atoms with Crippen molar-refractivity contribution in [2.75, 3.05) is 5.73 Å². The zero-order valence-electron chi connectivity index (χ0n) is 8.69. The highest BCUT2D eigenvalue weighted by molar-refractivity contribution is 14.1. The summed E-state index contributed by atoms with van der Waals surface area (Å²) in [5.41, 5.74) is 14.8. The number of nitrogen functional groups attached to an aromatic ring is 1. The normalized spacial score (nSPS) is 23.5. The molecule has 0 bridgehead atoms. The molecule has 0 spiro atoms. The topological polar surface area (TPSA) is 52.0 Å². The highest BCUT2D eigenvalue weighted by Gasteiger charge is 2.18. The van der Waals surface area contributed by atoms with E-state index in [-0.39, 0.29) is 16.0 Å². The van der Waals surface area contributed by atoms with Crippen LogP contribution in [0.25, 0.3) is 5.57 Å². The van der Waals surface area contributed by atoms with Gasteiger partial charge < -0.3 is 11.5 Å². The van der Waals surface area contributed by atoms with Crippen LogP contribution < -0.4 is 11.5 Å². The van der Waals surface area contributed by atoms with E-state index in [1.165, 1.54) is 11.1 Å². The maximum atomic E-state index is 5.98.